The average Bonchev–Trinajstić information content (AvgIpc) is 2.04. The first-order chi connectivity index (χ1) is 5.61. The number of hydrogen-bond acceptors (Lipinski definition) is 2. The fourth-order valence-electron chi connectivity index (χ4n) is 0.899. The molecule has 68 valence electrons. The number of rotatable bonds is 5. The molecule has 0 aliphatic heterocycles. The van der Waals surface area contributed by atoms with Gasteiger partial charge in [0.25, 0.3) is 0 Å². The fourth-order valence-corrected chi connectivity index (χ4v) is 0.899. The van der Waals surface area contributed by atoms with E-state index in [1.54, 1.807) is 6.07 Å². The molecule has 0 aromatic carbocycles. The maximum atomic E-state index is 10.4. The van der Waals surface area contributed by atoms with Gasteiger partial charge in [-0.15, -0.1) is 0 Å². The van der Waals surface area contributed by atoms with E-state index in [1.807, 2.05) is 0 Å². The molecule has 0 fully saturated rings. The van der Waals surface area contributed by atoms with Crippen molar-refractivity contribution in [1.29, 1.82) is 5.26 Å². The van der Waals surface area contributed by atoms with Crippen LogP contribution in [0.3, 0.4) is 0 Å². The number of carboxylic acid groups (broad SMARTS) is 1. The Morgan fingerprint density at radius 2 is 2.17 bits per heavy atom. The Hall–Kier alpha value is -1.04. The predicted molar refractivity (Wildman–Crippen MR) is 45.4 cm³/mol. The SMILES string of the molecule is CCC(C)CCC(C#N)C(=O)O. The normalized spacial score (nSPS) is 14.8. The van der Waals surface area contributed by atoms with E-state index in [0.29, 0.717) is 12.3 Å². The third-order valence-electron chi connectivity index (χ3n) is 2.10. The molecule has 0 aromatic heterocycles. The van der Waals surface area contributed by atoms with Crippen LogP contribution in [0.25, 0.3) is 0 Å². The summed E-state index contributed by atoms with van der Waals surface area (Å²) in [5, 5.41) is 17.0. The van der Waals surface area contributed by atoms with Gasteiger partial charge in [-0.1, -0.05) is 20.3 Å². The van der Waals surface area contributed by atoms with Crippen LogP contribution in [0.2, 0.25) is 0 Å². The molecule has 0 saturated carbocycles. The third-order valence-corrected chi connectivity index (χ3v) is 2.10. The zero-order valence-corrected chi connectivity index (χ0v) is 7.58. The van der Waals surface area contributed by atoms with E-state index < -0.39 is 11.9 Å². The van der Waals surface area contributed by atoms with Gasteiger partial charge in [-0.3, -0.25) is 4.79 Å². The number of carbonyl (C=O) groups is 1. The molecule has 2 unspecified atom stereocenters. The maximum Gasteiger partial charge on any atom is 0.320 e. The number of hydrogen-bond donors (Lipinski definition) is 1. The number of aliphatic carboxylic acids is 1. The lowest BCUT2D eigenvalue weighted by atomic mass is 9.96. The molecule has 0 heterocycles. The second-order valence-electron chi connectivity index (χ2n) is 3.11. The molecule has 0 spiro atoms. The molecule has 2 atom stereocenters. The lowest BCUT2D eigenvalue weighted by Crippen LogP contribution is -2.12. The first-order valence-electron chi connectivity index (χ1n) is 4.24. The van der Waals surface area contributed by atoms with E-state index >= 15 is 0 Å². The van der Waals surface area contributed by atoms with Crippen molar-refractivity contribution < 1.29 is 9.90 Å². The molecule has 3 nitrogen and oxygen atoms in total. The molecule has 12 heavy (non-hydrogen) atoms. The van der Waals surface area contributed by atoms with Gasteiger partial charge in [0, 0.05) is 0 Å². The molecular weight excluding hydrogens is 154 g/mol. The van der Waals surface area contributed by atoms with Crippen LogP contribution in [-0.2, 0) is 4.79 Å². The van der Waals surface area contributed by atoms with Gasteiger partial charge in [-0.2, -0.15) is 5.26 Å². The molecule has 0 rings (SSSR count). The van der Waals surface area contributed by atoms with Crippen molar-refractivity contribution in [3.63, 3.8) is 0 Å². The van der Waals surface area contributed by atoms with E-state index in [-0.39, 0.29) is 0 Å². The molecule has 0 aromatic rings. The summed E-state index contributed by atoms with van der Waals surface area (Å²) in [6.07, 6.45) is 2.33. The monoisotopic (exact) mass is 169 g/mol. The van der Waals surface area contributed by atoms with Crippen LogP contribution < -0.4 is 0 Å². The van der Waals surface area contributed by atoms with E-state index in [2.05, 4.69) is 13.8 Å². The Bertz CT molecular complexity index is 183. The van der Waals surface area contributed by atoms with Gasteiger partial charge in [0.15, 0.2) is 0 Å². The van der Waals surface area contributed by atoms with E-state index in [9.17, 15) is 4.79 Å². The number of nitriles is 1. The second-order valence-corrected chi connectivity index (χ2v) is 3.11. The van der Waals surface area contributed by atoms with Crippen molar-refractivity contribution in [3.8, 4) is 6.07 Å². The van der Waals surface area contributed by atoms with E-state index in [0.717, 1.165) is 12.8 Å². The second kappa shape index (κ2) is 5.59. The summed E-state index contributed by atoms with van der Waals surface area (Å²) >= 11 is 0. The van der Waals surface area contributed by atoms with Gasteiger partial charge >= 0.3 is 5.97 Å². The molecule has 0 amide bonds. The standard InChI is InChI=1S/C9H15NO2/c1-3-7(2)4-5-8(6-10)9(11)12/h7-8H,3-5H2,1-2H3,(H,11,12). The Kier molecular flexibility index (Phi) is 5.11. The summed E-state index contributed by atoms with van der Waals surface area (Å²) in [7, 11) is 0. The molecule has 0 saturated heterocycles. The van der Waals surface area contributed by atoms with Gasteiger partial charge in [-0.25, -0.2) is 0 Å². The van der Waals surface area contributed by atoms with Crippen molar-refractivity contribution in [2.75, 3.05) is 0 Å². The van der Waals surface area contributed by atoms with Crippen LogP contribution in [0.5, 0.6) is 0 Å². The van der Waals surface area contributed by atoms with Crippen LogP contribution in [0.4, 0.5) is 0 Å². The van der Waals surface area contributed by atoms with Crippen LogP contribution in [-0.4, -0.2) is 11.1 Å². The molecule has 0 aliphatic rings. The summed E-state index contributed by atoms with van der Waals surface area (Å²) in [5.74, 6) is -1.31. The lowest BCUT2D eigenvalue weighted by Gasteiger charge is -2.08. The van der Waals surface area contributed by atoms with Gasteiger partial charge in [0.05, 0.1) is 6.07 Å². The minimum atomic E-state index is -0.999. The predicted octanol–water partition coefficient (Wildman–Crippen LogP) is 2.04. The van der Waals surface area contributed by atoms with Crippen molar-refractivity contribution >= 4 is 5.97 Å². The van der Waals surface area contributed by atoms with E-state index in [1.165, 1.54) is 0 Å². The molecule has 0 aliphatic carbocycles. The van der Waals surface area contributed by atoms with Crippen LogP contribution in [0.15, 0.2) is 0 Å². The molecule has 0 radical (unpaired) electrons. The van der Waals surface area contributed by atoms with Gasteiger partial charge in [0.1, 0.15) is 5.92 Å². The Morgan fingerprint density at radius 1 is 1.58 bits per heavy atom. The highest BCUT2D eigenvalue weighted by Gasteiger charge is 2.16. The summed E-state index contributed by atoms with van der Waals surface area (Å²) in [5.41, 5.74) is 0. The van der Waals surface area contributed by atoms with Crippen molar-refractivity contribution in [3.05, 3.63) is 0 Å². The largest absolute Gasteiger partial charge is 0.480 e. The third kappa shape index (κ3) is 3.97. The zero-order valence-electron chi connectivity index (χ0n) is 7.58. The Balaban J connectivity index is 3.75. The highest BCUT2D eigenvalue weighted by Crippen LogP contribution is 2.14. The fraction of sp³-hybridized carbons (Fsp3) is 0.778. The van der Waals surface area contributed by atoms with Crippen LogP contribution in [0, 0.1) is 23.2 Å². The summed E-state index contributed by atoms with van der Waals surface area (Å²) in [4.78, 5) is 10.4. The Morgan fingerprint density at radius 3 is 2.50 bits per heavy atom. The first-order valence-corrected chi connectivity index (χ1v) is 4.24. The minimum absolute atomic E-state index is 0.473. The lowest BCUT2D eigenvalue weighted by molar-refractivity contribution is -0.140. The highest BCUT2D eigenvalue weighted by molar-refractivity contribution is 5.72. The molecule has 0 bridgehead atoms. The summed E-state index contributed by atoms with van der Waals surface area (Å²) in [6, 6.07) is 1.78. The topological polar surface area (TPSA) is 61.1 Å². The van der Waals surface area contributed by atoms with Crippen molar-refractivity contribution in [2.24, 2.45) is 11.8 Å². The average molecular weight is 169 g/mol. The minimum Gasteiger partial charge on any atom is -0.480 e. The van der Waals surface area contributed by atoms with Crippen LogP contribution in [0.1, 0.15) is 33.1 Å². The first kappa shape index (κ1) is 11.0. The van der Waals surface area contributed by atoms with Gasteiger partial charge < -0.3 is 5.11 Å². The number of carboxylic acids is 1. The van der Waals surface area contributed by atoms with Crippen molar-refractivity contribution in [2.45, 2.75) is 33.1 Å². The molecular formula is C9H15NO2. The van der Waals surface area contributed by atoms with Gasteiger partial charge in [-0.05, 0) is 18.8 Å². The molecule has 1 N–H and O–H groups in total. The van der Waals surface area contributed by atoms with Gasteiger partial charge in [0.2, 0.25) is 0 Å². The summed E-state index contributed by atoms with van der Waals surface area (Å²) in [6.45, 7) is 4.13. The smallest absolute Gasteiger partial charge is 0.320 e. The van der Waals surface area contributed by atoms with E-state index in [4.69, 9.17) is 10.4 Å². The highest BCUT2D eigenvalue weighted by atomic mass is 16.4. The number of nitrogens with zero attached hydrogens (tertiary/aromatic N) is 1. The molecule has 3 heteroatoms. The maximum absolute atomic E-state index is 10.4. The Labute approximate surface area is 73.0 Å². The zero-order chi connectivity index (χ0) is 9.56. The van der Waals surface area contributed by atoms with Crippen LogP contribution >= 0.6 is 0 Å². The summed E-state index contributed by atoms with van der Waals surface area (Å²) < 4.78 is 0. The quantitative estimate of drug-likeness (QED) is 0.685. The van der Waals surface area contributed by atoms with Crippen molar-refractivity contribution in [1.82, 2.24) is 0 Å².